The third kappa shape index (κ3) is 2.20. The Labute approximate surface area is 92.8 Å². The van der Waals surface area contributed by atoms with Gasteiger partial charge in [0.2, 0.25) is 5.88 Å². The number of aryl methyl sites for hydroxylation is 1. The van der Waals surface area contributed by atoms with Gasteiger partial charge in [-0.25, -0.2) is 4.68 Å². The lowest BCUT2D eigenvalue weighted by molar-refractivity contribution is 0.439. The van der Waals surface area contributed by atoms with E-state index in [9.17, 15) is 0 Å². The van der Waals surface area contributed by atoms with Crippen LogP contribution < -0.4 is 16.1 Å². The molecule has 2 N–H and O–H groups in total. The van der Waals surface area contributed by atoms with Crippen LogP contribution in [-0.2, 0) is 7.05 Å². The molecule has 1 heterocycles. The highest BCUT2D eigenvalue weighted by molar-refractivity contribution is 5.25. The first kappa shape index (κ1) is 10.2. The Hall–Kier alpha value is -2.30. The zero-order valence-corrected chi connectivity index (χ0v) is 8.87. The zero-order chi connectivity index (χ0) is 11.4. The number of nitrogens with two attached hydrogens (primary N) is 1. The molecule has 5 heteroatoms. The van der Waals surface area contributed by atoms with Crippen LogP contribution >= 0.6 is 0 Å². The summed E-state index contributed by atoms with van der Waals surface area (Å²) in [5.74, 6) is 6.42. The molecule has 0 aliphatic carbocycles. The third-order valence-corrected chi connectivity index (χ3v) is 2.05. The predicted octanol–water partition coefficient (Wildman–Crippen LogP) is 0.987. The number of para-hydroxylation sites is 1. The number of ether oxygens (including phenoxy) is 1. The molecule has 0 unspecified atom stereocenters. The fraction of sp³-hybridized carbons (Fsp3) is 0.0909. The van der Waals surface area contributed by atoms with Crippen LogP contribution in [0.1, 0.15) is 0 Å². The van der Waals surface area contributed by atoms with Gasteiger partial charge in [0.25, 0.3) is 0 Å². The first-order chi connectivity index (χ1) is 7.79. The molecule has 0 saturated heterocycles. The van der Waals surface area contributed by atoms with E-state index >= 15 is 0 Å². The topological polar surface area (TPSA) is 65.4 Å². The molecule has 1 aromatic carbocycles. The Morgan fingerprint density at radius 2 is 1.94 bits per heavy atom. The van der Waals surface area contributed by atoms with Gasteiger partial charge < -0.3 is 10.6 Å². The van der Waals surface area contributed by atoms with Gasteiger partial charge in [0.05, 0.1) is 0 Å². The van der Waals surface area contributed by atoms with E-state index in [2.05, 4.69) is 10.2 Å². The van der Waals surface area contributed by atoms with Crippen LogP contribution in [-0.4, -0.2) is 9.78 Å². The van der Waals surface area contributed by atoms with Crippen LogP contribution in [0.5, 0.6) is 11.6 Å². The average molecular weight is 216 g/mol. The summed E-state index contributed by atoms with van der Waals surface area (Å²) in [6.07, 6.45) is 0. The van der Waals surface area contributed by atoms with Crippen LogP contribution in [0.4, 0.5) is 0 Å². The Balaban J connectivity index is 2.27. The van der Waals surface area contributed by atoms with Crippen molar-refractivity contribution in [3.05, 3.63) is 48.0 Å². The molecule has 0 spiro atoms. The minimum Gasteiger partial charge on any atom is -0.438 e. The van der Waals surface area contributed by atoms with Crippen molar-refractivity contribution in [3.63, 3.8) is 0 Å². The second kappa shape index (κ2) is 4.48. The molecule has 0 radical (unpaired) electrons. The van der Waals surface area contributed by atoms with Crippen molar-refractivity contribution in [2.75, 3.05) is 0 Å². The van der Waals surface area contributed by atoms with E-state index in [1.807, 2.05) is 30.3 Å². The molecule has 2 aromatic rings. The normalized spacial score (nSPS) is 11.4. The Morgan fingerprint density at radius 3 is 2.56 bits per heavy atom. The minimum absolute atomic E-state index is 0.501. The molecule has 0 saturated carbocycles. The van der Waals surface area contributed by atoms with Gasteiger partial charge in [-0.1, -0.05) is 18.2 Å². The highest BCUT2D eigenvalue weighted by atomic mass is 16.5. The SMILES string of the molecule is Cn1nc(Oc2ccccc2)ccc1=NN. The summed E-state index contributed by atoms with van der Waals surface area (Å²) in [7, 11) is 1.75. The highest BCUT2D eigenvalue weighted by Crippen LogP contribution is 2.16. The number of nitrogens with zero attached hydrogens (tertiary/aromatic N) is 3. The molecule has 0 aliphatic rings. The van der Waals surface area contributed by atoms with E-state index in [4.69, 9.17) is 10.6 Å². The Morgan fingerprint density at radius 1 is 1.19 bits per heavy atom. The van der Waals surface area contributed by atoms with E-state index in [0.29, 0.717) is 11.4 Å². The second-order valence-corrected chi connectivity index (χ2v) is 3.20. The summed E-state index contributed by atoms with van der Waals surface area (Å²) in [5.41, 5.74) is 0.584. The summed E-state index contributed by atoms with van der Waals surface area (Å²) in [4.78, 5) is 0. The van der Waals surface area contributed by atoms with Crippen molar-refractivity contribution in [1.82, 2.24) is 9.78 Å². The van der Waals surface area contributed by atoms with E-state index in [1.54, 1.807) is 23.9 Å². The number of rotatable bonds is 2. The van der Waals surface area contributed by atoms with Crippen LogP contribution in [0.2, 0.25) is 0 Å². The van der Waals surface area contributed by atoms with Gasteiger partial charge in [0.15, 0.2) is 5.49 Å². The van der Waals surface area contributed by atoms with Crippen molar-refractivity contribution in [1.29, 1.82) is 0 Å². The second-order valence-electron chi connectivity index (χ2n) is 3.20. The highest BCUT2D eigenvalue weighted by Gasteiger charge is 1.98. The lowest BCUT2D eigenvalue weighted by Crippen LogP contribution is -2.21. The van der Waals surface area contributed by atoms with Crippen molar-refractivity contribution >= 4 is 0 Å². The van der Waals surface area contributed by atoms with Gasteiger partial charge >= 0.3 is 0 Å². The van der Waals surface area contributed by atoms with Gasteiger partial charge in [0, 0.05) is 13.1 Å². The van der Waals surface area contributed by atoms with Crippen LogP contribution in [0.3, 0.4) is 0 Å². The maximum absolute atomic E-state index is 5.54. The Kier molecular flexibility index (Phi) is 2.86. The third-order valence-electron chi connectivity index (χ3n) is 2.05. The first-order valence-corrected chi connectivity index (χ1v) is 4.81. The summed E-state index contributed by atoms with van der Waals surface area (Å²) < 4.78 is 7.10. The van der Waals surface area contributed by atoms with Crippen molar-refractivity contribution in [2.24, 2.45) is 18.0 Å². The van der Waals surface area contributed by atoms with Gasteiger partial charge in [-0.15, -0.1) is 5.10 Å². The molecule has 0 bridgehead atoms. The minimum atomic E-state index is 0.501. The number of hydrogen-bond donors (Lipinski definition) is 1. The maximum atomic E-state index is 5.54. The predicted molar refractivity (Wildman–Crippen MR) is 59.5 cm³/mol. The molecule has 1 aromatic heterocycles. The quantitative estimate of drug-likeness (QED) is 0.601. The van der Waals surface area contributed by atoms with E-state index < -0.39 is 0 Å². The summed E-state index contributed by atoms with van der Waals surface area (Å²) in [5, 5.41) is 7.72. The maximum Gasteiger partial charge on any atom is 0.236 e. The molecule has 0 atom stereocenters. The van der Waals surface area contributed by atoms with Gasteiger partial charge in [-0.3, -0.25) is 0 Å². The summed E-state index contributed by atoms with van der Waals surface area (Å²) >= 11 is 0. The van der Waals surface area contributed by atoms with Crippen LogP contribution in [0.25, 0.3) is 0 Å². The number of aromatic nitrogens is 2. The molecule has 16 heavy (non-hydrogen) atoms. The lowest BCUT2D eigenvalue weighted by Gasteiger charge is -2.05. The number of hydrogen-bond acceptors (Lipinski definition) is 4. The average Bonchev–Trinajstić information content (AvgIpc) is 2.31. The zero-order valence-electron chi connectivity index (χ0n) is 8.87. The van der Waals surface area contributed by atoms with Gasteiger partial charge in [0.1, 0.15) is 5.75 Å². The Bertz CT molecular complexity index is 533. The van der Waals surface area contributed by atoms with Gasteiger partial charge in [-0.2, -0.15) is 5.10 Å². The molecule has 82 valence electrons. The lowest BCUT2D eigenvalue weighted by atomic mass is 10.3. The van der Waals surface area contributed by atoms with Crippen molar-refractivity contribution in [3.8, 4) is 11.6 Å². The monoisotopic (exact) mass is 216 g/mol. The van der Waals surface area contributed by atoms with E-state index in [1.165, 1.54) is 0 Å². The largest absolute Gasteiger partial charge is 0.438 e. The smallest absolute Gasteiger partial charge is 0.236 e. The van der Waals surface area contributed by atoms with E-state index in [-0.39, 0.29) is 0 Å². The van der Waals surface area contributed by atoms with E-state index in [0.717, 1.165) is 5.75 Å². The van der Waals surface area contributed by atoms with Crippen LogP contribution in [0.15, 0.2) is 47.6 Å². The first-order valence-electron chi connectivity index (χ1n) is 4.81. The standard InChI is InChI=1S/C11H12N4O/c1-15-10(13-12)7-8-11(14-15)16-9-5-3-2-4-6-9/h2-8H,12H2,1H3. The molecule has 0 amide bonds. The fourth-order valence-corrected chi connectivity index (χ4v) is 1.28. The number of benzene rings is 1. The summed E-state index contributed by atoms with van der Waals surface area (Å²) in [6, 6.07) is 12.9. The fourth-order valence-electron chi connectivity index (χ4n) is 1.28. The molecule has 0 fully saturated rings. The van der Waals surface area contributed by atoms with Crippen LogP contribution in [0, 0.1) is 0 Å². The summed E-state index contributed by atoms with van der Waals surface area (Å²) in [6.45, 7) is 0. The molecule has 2 rings (SSSR count). The molecule has 0 aliphatic heterocycles. The van der Waals surface area contributed by atoms with Gasteiger partial charge in [-0.05, 0) is 18.2 Å². The molecular weight excluding hydrogens is 204 g/mol. The molecular formula is C11H12N4O. The molecule has 5 nitrogen and oxygen atoms in total. The van der Waals surface area contributed by atoms with Crippen molar-refractivity contribution < 1.29 is 4.74 Å². The van der Waals surface area contributed by atoms with Crippen molar-refractivity contribution in [2.45, 2.75) is 0 Å².